The van der Waals surface area contributed by atoms with E-state index in [1.54, 1.807) is 12.1 Å². The Bertz CT molecular complexity index is 505. The third-order valence-electron chi connectivity index (χ3n) is 3.29. The van der Waals surface area contributed by atoms with E-state index < -0.39 is 0 Å². The van der Waals surface area contributed by atoms with Crippen molar-refractivity contribution < 1.29 is 14.3 Å². The second-order valence-corrected chi connectivity index (χ2v) is 5.91. The van der Waals surface area contributed by atoms with Gasteiger partial charge in [-0.1, -0.05) is 13.8 Å². The maximum absolute atomic E-state index is 12.2. The van der Waals surface area contributed by atoms with Gasteiger partial charge >= 0.3 is 0 Å². The Morgan fingerprint density at radius 2 is 1.95 bits per heavy atom. The number of fused-ring (bicyclic) bond motifs is 1. The van der Waals surface area contributed by atoms with Crippen LogP contribution in [0.3, 0.4) is 0 Å². The number of ether oxygens (including phenoxy) is 2. The fourth-order valence-corrected chi connectivity index (χ4v) is 2.49. The van der Waals surface area contributed by atoms with Gasteiger partial charge in [0.2, 0.25) is 5.91 Å². The molecule has 1 aromatic rings. The van der Waals surface area contributed by atoms with Gasteiger partial charge in [-0.15, -0.1) is 0 Å². The van der Waals surface area contributed by atoms with Gasteiger partial charge in [0.05, 0.1) is 11.6 Å². The molecule has 0 aromatic heterocycles. The standard InChI is InChI=1S/C14H19BrN2O3/c1-8(2)9(7-16)14(18)17-11-6-13-12(5-10(11)15)19-3-4-20-13/h5-6,8-9H,3-4,7,16H2,1-2H3,(H,17,18). The maximum atomic E-state index is 12.2. The summed E-state index contributed by atoms with van der Waals surface area (Å²) < 4.78 is 11.8. The summed E-state index contributed by atoms with van der Waals surface area (Å²) in [5.41, 5.74) is 6.33. The molecule has 3 N–H and O–H groups in total. The van der Waals surface area contributed by atoms with Crippen LogP contribution in [0.4, 0.5) is 5.69 Å². The van der Waals surface area contributed by atoms with Crippen molar-refractivity contribution in [3.63, 3.8) is 0 Å². The van der Waals surface area contributed by atoms with E-state index in [1.165, 1.54) is 0 Å². The molecule has 0 fully saturated rings. The Hall–Kier alpha value is -1.27. The van der Waals surface area contributed by atoms with Gasteiger partial charge in [-0.3, -0.25) is 4.79 Å². The number of carbonyl (C=O) groups is 1. The Balaban J connectivity index is 2.19. The second-order valence-electron chi connectivity index (χ2n) is 5.05. The molecule has 0 aliphatic carbocycles. The van der Waals surface area contributed by atoms with Gasteiger partial charge in [0.15, 0.2) is 11.5 Å². The molecule has 0 saturated carbocycles. The highest BCUT2D eigenvalue weighted by molar-refractivity contribution is 9.10. The van der Waals surface area contributed by atoms with Crippen molar-refractivity contribution in [2.45, 2.75) is 13.8 Å². The van der Waals surface area contributed by atoms with Crippen LogP contribution in [0.1, 0.15) is 13.8 Å². The van der Waals surface area contributed by atoms with Crippen molar-refractivity contribution in [3.05, 3.63) is 16.6 Å². The fourth-order valence-electron chi connectivity index (χ4n) is 2.07. The van der Waals surface area contributed by atoms with Gasteiger partial charge in [-0.25, -0.2) is 0 Å². The predicted molar refractivity (Wildman–Crippen MR) is 81.1 cm³/mol. The number of amides is 1. The normalized spacial score (nSPS) is 15.1. The van der Waals surface area contributed by atoms with Gasteiger partial charge in [0.1, 0.15) is 13.2 Å². The first kappa shape index (κ1) is 15.1. The van der Waals surface area contributed by atoms with Gasteiger partial charge in [-0.2, -0.15) is 0 Å². The average Bonchev–Trinajstić information content (AvgIpc) is 2.40. The van der Waals surface area contributed by atoms with E-state index in [4.69, 9.17) is 15.2 Å². The molecule has 5 nitrogen and oxygen atoms in total. The summed E-state index contributed by atoms with van der Waals surface area (Å²) in [5, 5.41) is 2.89. The van der Waals surface area contributed by atoms with Crippen molar-refractivity contribution >= 4 is 27.5 Å². The number of rotatable bonds is 4. The summed E-state index contributed by atoms with van der Waals surface area (Å²) in [6.45, 7) is 5.34. The van der Waals surface area contributed by atoms with Gasteiger partial charge in [0.25, 0.3) is 0 Å². The van der Waals surface area contributed by atoms with Crippen molar-refractivity contribution in [2.75, 3.05) is 25.1 Å². The van der Waals surface area contributed by atoms with Crippen molar-refractivity contribution in [1.82, 2.24) is 0 Å². The van der Waals surface area contributed by atoms with Crippen LogP contribution >= 0.6 is 15.9 Å². The van der Waals surface area contributed by atoms with Crippen LogP contribution in [0.2, 0.25) is 0 Å². The Labute approximate surface area is 126 Å². The zero-order chi connectivity index (χ0) is 14.7. The van der Waals surface area contributed by atoms with Gasteiger partial charge in [0, 0.05) is 23.2 Å². The lowest BCUT2D eigenvalue weighted by molar-refractivity contribution is -0.120. The van der Waals surface area contributed by atoms with E-state index in [1.807, 2.05) is 13.8 Å². The van der Waals surface area contributed by atoms with Crippen molar-refractivity contribution in [1.29, 1.82) is 0 Å². The van der Waals surface area contributed by atoms with Crippen LogP contribution in [-0.2, 0) is 4.79 Å². The molecule has 110 valence electrons. The van der Waals surface area contributed by atoms with E-state index in [-0.39, 0.29) is 17.7 Å². The van der Waals surface area contributed by atoms with Crippen LogP contribution in [0.15, 0.2) is 16.6 Å². The Morgan fingerprint density at radius 1 is 1.35 bits per heavy atom. The molecule has 1 aliphatic rings. The van der Waals surface area contributed by atoms with Crippen molar-refractivity contribution in [3.8, 4) is 11.5 Å². The number of halogens is 1. The van der Waals surface area contributed by atoms with Crippen LogP contribution in [-0.4, -0.2) is 25.7 Å². The number of hydrogen-bond acceptors (Lipinski definition) is 4. The number of benzene rings is 1. The first-order valence-electron chi connectivity index (χ1n) is 6.63. The van der Waals surface area contributed by atoms with Crippen LogP contribution < -0.4 is 20.5 Å². The molecule has 1 atom stereocenters. The molecular formula is C14H19BrN2O3. The Kier molecular flexibility index (Phi) is 4.88. The molecule has 1 unspecified atom stereocenters. The van der Waals surface area contributed by atoms with Crippen LogP contribution in [0, 0.1) is 11.8 Å². The summed E-state index contributed by atoms with van der Waals surface area (Å²) in [4.78, 5) is 12.2. The quantitative estimate of drug-likeness (QED) is 0.880. The highest BCUT2D eigenvalue weighted by atomic mass is 79.9. The number of hydrogen-bond donors (Lipinski definition) is 2. The molecule has 1 aromatic carbocycles. The fraction of sp³-hybridized carbons (Fsp3) is 0.500. The topological polar surface area (TPSA) is 73.6 Å². The van der Waals surface area contributed by atoms with E-state index in [2.05, 4.69) is 21.2 Å². The zero-order valence-electron chi connectivity index (χ0n) is 11.6. The smallest absolute Gasteiger partial charge is 0.229 e. The zero-order valence-corrected chi connectivity index (χ0v) is 13.2. The Morgan fingerprint density at radius 3 is 2.50 bits per heavy atom. The van der Waals surface area contributed by atoms with Crippen LogP contribution in [0.25, 0.3) is 0 Å². The minimum atomic E-state index is -0.213. The summed E-state index contributed by atoms with van der Waals surface area (Å²) >= 11 is 3.43. The lowest BCUT2D eigenvalue weighted by atomic mass is 9.95. The molecule has 0 bridgehead atoms. The molecule has 0 saturated heterocycles. The summed E-state index contributed by atoms with van der Waals surface area (Å²) in [5.74, 6) is 1.22. The van der Waals surface area contributed by atoms with E-state index in [0.29, 0.717) is 36.9 Å². The summed E-state index contributed by atoms with van der Waals surface area (Å²) in [7, 11) is 0. The molecule has 1 amide bonds. The summed E-state index contributed by atoms with van der Waals surface area (Å²) in [6.07, 6.45) is 0. The molecule has 0 radical (unpaired) electrons. The monoisotopic (exact) mass is 342 g/mol. The predicted octanol–water partition coefficient (Wildman–Crippen LogP) is 2.39. The molecule has 6 heteroatoms. The van der Waals surface area contributed by atoms with Crippen molar-refractivity contribution in [2.24, 2.45) is 17.6 Å². The highest BCUT2D eigenvalue weighted by Gasteiger charge is 2.22. The lowest BCUT2D eigenvalue weighted by Gasteiger charge is -2.22. The maximum Gasteiger partial charge on any atom is 0.229 e. The van der Waals surface area contributed by atoms with Gasteiger partial charge < -0.3 is 20.5 Å². The number of nitrogens with two attached hydrogens (primary N) is 1. The number of carbonyl (C=O) groups excluding carboxylic acids is 1. The molecule has 1 heterocycles. The first-order valence-corrected chi connectivity index (χ1v) is 7.42. The lowest BCUT2D eigenvalue weighted by Crippen LogP contribution is -2.33. The van der Waals surface area contributed by atoms with Crippen LogP contribution in [0.5, 0.6) is 11.5 Å². The molecular weight excluding hydrogens is 324 g/mol. The third-order valence-corrected chi connectivity index (χ3v) is 3.94. The van der Waals surface area contributed by atoms with E-state index in [0.717, 1.165) is 4.47 Å². The number of nitrogens with one attached hydrogen (secondary N) is 1. The average molecular weight is 343 g/mol. The number of anilines is 1. The van der Waals surface area contributed by atoms with E-state index >= 15 is 0 Å². The second kappa shape index (κ2) is 6.45. The van der Waals surface area contributed by atoms with E-state index in [9.17, 15) is 4.79 Å². The third kappa shape index (κ3) is 3.24. The SMILES string of the molecule is CC(C)C(CN)C(=O)Nc1cc2c(cc1Br)OCCO2. The molecule has 2 rings (SSSR count). The molecule has 20 heavy (non-hydrogen) atoms. The minimum Gasteiger partial charge on any atom is -0.486 e. The molecule has 0 spiro atoms. The summed E-state index contributed by atoms with van der Waals surface area (Å²) in [6, 6.07) is 3.57. The highest BCUT2D eigenvalue weighted by Crippen LogP contribution is 2.38. The molecule has 1 aliphatic heterocycles. The largest absolute Gasteiger partial charge is 0.486 e. The first-order chi connectivity index (χ1) is 9.52. The van der Waals surface area contributed by atoms with Gasteiger partial charge in [-0.05, 0) is 21.8 Å². The minimum absolute atomic E-state index is 0.0834.